The van der Waals surface area contributed by atoms with Gasteiger partial charge >= 0.3 is 0 Å². The molecule has 0 fully saturated rings. The van der Waals surface area contributed by atoms with Crippen molar-refractivity contribution in [1.82, 2.24) is 4.98 Å². The molecule has 0 spiro atoms. The monoisotopic (exact) mass is 295 g/mol. The van der Waals surface area contributed by atoms with Crippen LogP contribution < -0.4 is 10.2 Å². The molecule has 0 bridgehead atoms. The van der Waals surface area contributed by atoms with Crippen LogP contribution in [0.2, 0.25) is 0 Å². The van der Waals surface area contributed by atoms with E-state index in [1.807, 2.05) is 31.2 Å². The fraction of sp³-hybridized carbons (Fsp3) is 0.235. The third-order valence-electron chi connectivity index (χ3n) is 3.74. The summed E-state index contributed by atoms with van der Waals surface area (Å²) in [7, 11) is 0. The van der Waals surface area contributed by atoms with Crippen LogP contribution in [0.3, 0.4) is 0 Å². The number of fused-ring (bicyclic) bond motifs is 1. The maximum Gasteiger partial charge on any atom is 0.259 e. The lowest BCUT2D eigenvalue weighted by molar-refractivity contribution is -0.117. The van der Waals surface area contributed by atoms with Gasteiger partial charge in [0.15, 0.2) is 0 Å². The standard InChI is InChI=1S/C17H17N3O2/c1-2-5-15-16(21)19-13-6-3-4-7-14(13)20(15)17(22)12-8-10-18-11-9-12/h3-4,6-11,15H,2,5H2,1H3,(H,19,21)/t15-/m0/s1. The Morgan fingerprint density at radius 1 is 1.23 bits per heavy atom. The van der Waals surface area contributed by atoms with Crippen LogP contribution in [-0.4, -0.2) is 22.8 Å². The SMILES string of the molecule is CCC[C@H]1C(=O)Nc2ccccc2N1C(=O)c1ccncc1. The fourth-order valence-corrected chi connectivity index (χ4v) is 2.71. The number of benzene rings is 1. The van der Waals surface area contributed by atoms with Crippen molar-refractivity contribution in [2.24, 2.45) is 0 Å². The molecule has 1 aliphatic heterocycles. The summed E-state index contributed by atoms with van der Waals surface area (Å²) in [5.74, 6) is -0.314. The number of carbonyl (C=O) groups excluding carboxylic acids is 2. The molecule has 1 aromatic carbocycles. The van der Waals surface area contributed by atoms with Gasteiger partial charge in [-0.25, -0.2) is 0 Å². The first kappa shape index (κ1) is 14.3. The van der Waals surface area contributed by atoms with Crippen molar-refractivity contribution in [3.63, 3.8) is 0 Å². The molecular formula is C17H17N3O2. The number of nitrogens with one attached hydrogen (secondary N) is 1. The Bertz CT molecular complexity index is 700. The quantitative estimate of drug-likeness (QED) is 0.947. The zero-order valence-corrected chi connectivity index (χ0v) is 12.3. The molecule has 5 heteroatoms. The van der Waals surface area contributed by atoms with Gasteiger partial charge in [0, 0.05) is 18.0 Å². The van der Waals surface area contributed by atoms with Crippen molar-refractivity contribution in [1.29, 1.82) is 0 Å². The smallest absolute Gasteiger partial charge is 0.259 e. The minimum atomic E-state index is -0.486. The summed E-state index contributed by atoms with van der Waals surface area (Å²) in [4.78, 5) is 30.8. The number of hydrogen-bond donors (Lipinski definition) is 1. The lowest BCUT2D eigenvalue weighted by atomic mass is 10.0. The molecule has 0 saturated heterocycles. The minimum Gasteiger partial charge on any atom is -0.322 e. The van der Waals surface area contributed by atoms with E-state index >= 15 is 0 Å². The van der Waals surface area contributed by atoms with E-state index in [1.165, 1.54) is 0 Å². The second kappa shape index (κ2) is 5.97. The number of nitrogens with zero attached hydrogens (tertiary/aromatic N) is 2. The van der Waals surface area contributed by atoms with Gasteiger partial charge in [0.05, 0.1) is 11.4 Å². The Morgan fingerprint density at radius 3 is 2.68 bits per heavy atom. The maximum atomic E-state index is 12.9. The Morgan fingerprint density at radius 2 is 1.95 bits per heavy atom. The zero-order chi connectivity index (χ0) is 15.5. The van der Waals surface area contributed by atoms with Gasteiger partial charge < -0.3 is 5.32 Å². The first-order valence-corrected chi connectivity index (χ1v) is 7.36. The number of aromatic nitrogens is 1. The van der Waals surface area contributed by atoms with E-state index in [0.717, 1.165) is 12.1 Å². The van der Waals surface area contributed by atoms with Crippen LogP contribution in [0.4, 0.5) is 11.4 Å². The van der Waals surface area contributed by atoms with E-state index in [4.69, 9.17) is 0 Å². The van der Waals surface area contributed by atoms with Crippen LogP contribution in [0.1, 0.15) is 30.1 Å². The van der Waals surface area contributed by atoms with E-state index in [1.54, 1.807) is 29.4 Å². The van der Waals surface area contributed by atoms with Gasteiger partial charge in [-0.05, 0) is 30.7 Å². The third-order valence-corrected chi connectivity index (χ3v) is 3.74. The lowest BCUT2D eigenvalue weighted by Gasteiger charge is -2.36. The number of hydrogen-bond acceptors (Lipinski definition) is 3. The van der Waals surface area contributed by atoms with Crippen LogP contribution in [0.25, 0.3) is 0 Å². The van der Waals surface area contributed by atoms with Gasteiger partial charge in [0.25, 0.3) is 5.91 Å². The first-order valence-electron chi connectivity index (χ1n) is 7.36. The summed E-state index contributed by atoms with van der Waals surface area (Å²) >= 11 is 0. The molecule has 0 saturated carbocycles. The second-order valence-electron chi connectivity index (χ2n) is 5.22. The number of para-hydroxylation sites is 2. The Labute approximate surface area is 129 Å². The summed E-state index contributed by atoms with van der Waals surface area (Å²) in [5, 5.41) is 2.89. The Kier molecular flexibility index (Phi) is 3.87. The van der Waals surface area contributed by atoms with Crippen molar-refractivity contribution in [2.75, 3.05) is 10.2 Å². The van der Waals surface area contributed by atoms with E-state index in [-0.39, 0.29) is 11.8 Å². The number of anilines is 2. The van der Waals surface area contributed by atoms with Gasteiger partial charge in [-0.15, -0.1) is 0 Å². The second-order valence-corrected chi connectivity index (χ2v) is 5.22. The van der Waals surface area contributed by atoms with E-state index in [9.17, 15) is 9.59 Å². The molecule has 1 atom stereocenters. The highest BCUT2D eigenvalue weighted by Crippen LogP contribution is 2.34. The van der Waals surface area contributed by atoms with Gasteiger partial charge in [0.1, 0.15) is 6.04 Å². The highest BCUT2D eigenvalue weighted by molar-refractivity contribution is 6.16. The summed E-state index contributed by atoms with van der Waals surface area (Å²) in [6, 6.07) is 10.2. The minimum absolute atomic E-state index is 0.136. The van der Waals surface area contributed by atoms with Crippen LogP contribution in [0.15, 0.2) is 48.8 Å². The van der Waals surface area contributed by atoms with Crippen LogP contribution >= 0.6 is 0 Å². The summed E-state index contributed by atoms with van der Waals surface area (Å²) in [5.41, 5.74) is 1.94. The zero-order valence-electron chi connectivity index (χ0n) is 12.3. The predicted molar refractivity (Wildman–Crippen MR) is 84.8 cm³/mol. The average Bonchev–Trinajstić information content (AvgIpc) is 2.56. The molecule has 22 heavy (non-hydrogen) atoms. The van der Waals surface area contributed by atoms with Crippen molar-refractivity contribution < 1.29 is 9.59 Å². The molecule has 1 aromatic heterocycles. The Balaban J connectivity index is 2.07. The molecule has 112 valence electrons. The highest BCUT2D eigenvalue weighted by atomic mass is 16.2. The van der Waals surface area contributed by atoms with Crippen LogP contribution in [-0.2, 0) is 4.79 Å². The highest BCUT2D eigenvalue weighted by Gasteiger charge is 2.36. The normalized spacial score (nSPS) is 16.9. The molecule has 3 rings (SSSR count). The van der Waals surface area contributed by atoms with Gasteiger partial charge in [-0.2, -0.15) is 0 Å². The number of pyridine rings is 1. The van der Waals surface area contributed by atoms with E-state index in [0.29, 0.717) is 17.7 Å². The largest absolute Gasteiger partial charge is 0.322 e. The lowest BCUT2D eigenvalue weighted by Crippen LogP contribution is -2.51. The number of carbonyl (C=O) groups is 2. The number of amides is 2. The van der Waals surface area contributed by atoms with Crippen LogP contribution in [0, 0.1) is 0 Å². The van der Waals surface area contributed by atoms with E-state index in [2.05, 4.69) is 10.3 Å². The summed E-state index contributed by atoms with van der Waals surface area (Å²) in [6.07, 6.45) is 4.60. The third kappa shape index (κ3) is 2.45. The van der Waals surface area contributed by atoms with E-state index < -0.39 is 6.04 Å². The Hall–Kier alpha value is -2.69. The van der Waals surface area contributed by atoms with Gasteiger partial charge in [-0.3, -0.25) is 19.5 Å². The molecular weight excluding hydrogens is 278 g/mol. The topological polar surface area (TPSA) is 62.3 Å². The molecule has 0 aliphatic carbocycles. The number of rotatable bonds is 3. The molecule has 1 N–H and O–H groups in total. The molecule has 2 amide bonds. The average molecular weight is 295 g/mol. The molecule has 2 heterocycles. The van der Waals surface area contributed by atoms with Crippen molar-refractivity contribution in [2.45, 2.75) is 25.8 Å². The van der Waals surface area contributed by atoms with Crippen molar-refractivity contribution in [3.8, 4) is 0 Å². The maximum absolute atomic E-state index is 12.9. The summed E-state index contributed by atoms with van der Waals surface area (Å²) in [6.45, 7) is 2.00. The molecule has 2 aromatic rings. The molecule has 5 nitrogen and oxygen atoms in total. The van der Waals surface area contributed by atoms with Crippen LogP contribution in [0.5, 0.6) is 0 Å². The van der Waals surface area contributed by atoms with Crippen molar-refractivity contribution >= 4 is 23.2 Å². The summed E-state index contributed by atoms with van der Waals surface area (Å²) < 4.78 is 0. The predicted octanol–water partition coefficient (Wildman–Crippen LogP) is 2.85. The van der Waals surface area contributed by atoms with Crippen molar-refractivity contribution in [3.05, 3.63) is 54.4 Å². The van der Waals surface area contributed by atoms with Gasteiger partial charge in [-0.1, -0.05) is 25.5 Å². The molecule has 1 aliphatic rings. The van der Waals surface area contributed by atoms with Gasteiger partial charge in [0.2, 0.25) is 5.91 Å². The molecule has 0 radical (unpaired) electrons. The first-order chi connectivity index (χ1) is 10.7. The fourth-order valence-electron chi connectivity index (χ4n) is 2.71. The molecule has 0 unspecified atom stereocenters.